The number of hydrogen-bond acceptors (Lipinski definition) is 4. The molecule has 0 aliphatic heterocycles. The number of esters is 1. The molecule has 1 unspecified atom stereocenters. The summed E-state index contributed by atoms with van der Waals surface area (Å²) in [6, 6.07) is 0. The zero-order valence-electron chi connectivity index (χ0n) is 6.54. The van der Waals surface area contributed by atoms with Crippen LogP contribution in [0.4, 0.5) is 0 Å². The molecule has 1 aromatic rings. The summed E-state index contributed by atoms with van der Waals surface area (Å²) in [6.07, 6.45) is 0. The standard InChI is InChI=1S/C6H5AsClIN2O2/c1-13-5(12)3-2(9)4(7)11-6(8)10-3/h7H2,1H3. The molecule has 0 fully saturated rings. The van der Waals surface area contributed by atoms with E-state index in [-0.39, 0.29) is 11.0 Å². The predicted octanol–water partition coefficient (Wildman–Crippen LogP) is -0.220. The molecule has 70 valence electrons. The van der Waals surface area contributed by atoms with Crippen molar-refractivity contribution < 1.29 is 9.53 Å². The molecule has 0 saturated carbocycles. The van der Waals surface area contributed by atoms with Gasteiger partial charge in [-0.15, -0.1) is 0 Å². The quantitative estimate of drug-likeness (QED) is 0.295. The van der Waals surface area contributed by atoms with Crippen molar-refractivity contribution in [2.45, 2.75) is 0 Å². The fourth-order valence-electron chi connectivity index (χ4n) is 0.668. The molecule has 1 heterocycles. The van der Waals surface area contributed by atoms with Crippen LogP contribution in [-0.2, 0) is 4.74 Å². The number of halogens is 2. The Labute approximate surface area is 102 Å². The SMILES string of the molecule is COC(=O)c1nc(Cl)nc([AsH2])c1I. The van der Waals surface area contributed by atoms with Gasteiger partial charge in [-0.25, -0.2) is 0 Å². The Bertz CT molecular complexity index is 361. The second kappa shape index (κ2) is 4.57. The zero-order valence-corrected chi connectivity index (χ0v) is 11.9. The van der Waals surface area contributed by atoms with E-state index >= 15 is 0 Å². The van der Waals surface area contributed by atoms with Gasteiger partial charge in [0.2, 0.25) is 0 Å². The van der Waals surface area contributed by atoms with Crippen molar-refractivity contribution in [2.24, 2.45) is 0 Å². The summed E-state index contributed by atoms with van der Waals surface area (Å²) >= 11 is 8.88. The second-order valence-electron chi connectivity index (χ2n) is 2.03. The van der Waals surface area contributed by atoms with Crippen LogP contribution in [0.1, 0.15) is 10.5 Å². The van der Waals surface area contributed by atoms with E-state index in [9.17, 15) is 4.79 Å². The first-order valence-corrected chi connectivity index (χ1v) is 5.80. The number of methoxy groups -OCH3 is 1. The van der Waals surface area contributed by atoms with E-state index in [0.717, 1.165) is 4.48 Å². The van der Waals surface area contributed by atoms with Gasteiger partial charge in [0, 0.05) is 0 Å². The van der Waals surface area contributed by atoms with Gasteiger partial charge in [0.1, 0.15) is 0 Å². The number of carbonyl (C=O) groups excluding carboxylic acids is 1. The third-order valence-electron chi connectivity index (χ3n) is 1.23. The normalized spacial score (nSPS) is 9.85. The third kappa shape index (κ3) is 2.54. The molecular formula is C6H5AsClIN2O2. The summed E-state index contributed by atoms with van der Waals surface area (Å²) < 4.78 is 5.96. The summed E-state index contributed by atoms with van der Waals surface area (Å²) in [5.74, 6) is -0.493. The van der Waals surface area contributed by atoms with E-state index in [2.05, 4.69) is 14.7 Å². The molecule has 0 amide bonds. The molecule has 1 aromatic heterocycles. The van der Waals surface area contributed by atoms with Crippen molar-refractivity contribution in [2.75, 3.05) is 7.11 Å². The maximum absolute atomic E-state index is 11.2. The first-order chi connectivity index (χ1) is 6.06. The van der Waals surface area contributed by atoms with Crippen molar-refractivity contribution in [1.82, 2.24) is 9.97 Å². The van der Waals surface area contributed by atoms with Crippen LogP contribution < -0.4 is 4.48 Å². The van der Waals surface area contributed by atoms with Gasteiger partial charge in [0.25, 0.3) is 0 Å². The predicted molar refractivity (Wildman–Crippen MR) is 59.3 cm³/mol. The van der Waals surface area contributed by atoms with Crippen LogP contribution in [0.5, 0.6) is 0 Å². The molecule has 0 saturated heterocycles. The molecule has 0 N–H and O–H groups in total. The van der Waals surface area contributed by atoms with Gasteiger partial charge in [-0.05, 0) is 0 Å². The number of rotatable bonds is 1. The fraction of sp³-hybridized carbons (Fsp3) is 0.167. The Morgan fingerprint density at radius 3 is 2.77 bits per heavy atom. The van der Waals surface area contributed by atoms with Crippen molar-refractivity contribution in [1.29, 1.82) is 0 Å². The molecule has 4 nitrogen and oxygen atoms in total. The number of hydrogen-bond donors (Lipinski definition) is 0. The zero-order chi connectivity index (χ0) is 10.0. The van der Waals surface area contributed by atoms with E-state index in [0.29, 0.717) is 3.57 Å². The van der Waals surface area contributed by atoms with Gasteiger partial charge in [-0.3, -0.25) is 0 Å². The van der Waals surface area contributed by atoms with Crippen molar-refractivity contribution in [3.63, 3.8) is 0 Å². The average Bonchev–Trinajstić information content (AvgIpc) is 2.10. The minimum absolute atomic E-state index is 0.0696. The number of nitrogens with zero attached hydrogens (tertiary/aromatic N) is 2. The minimum atomic E-state index is -0.493. The van der Waals surface area contributed by atoms with Crippen LogP contribution in [0, 0.1) is 3.57 Å². The molecule has 13 heavy (non-hydrogen) atoms. The van der Waals surface area contributed by atoms with Crippen LogP contribution in [0.15, 0.2) is 0 Å². The van der Waals surface area contributed by atoms with Gasteiger partial charge in [0.05, 0.1) is 0 Å². The molecular weight excluding hydrogens is 369 g/mol. The number of carbonyl (C=O) groups is 1. The second-order valence-corrected chi connectivity index (χ2v) is 4.60. The van der Waals surface area contributed by atoms with Crippen LogP contribution in [0.2, 0.25) is 5.28 Å². The van der Waals surface area contributed by atoms with Crippen LogP contribution in [-0.4, -0.2) is 39.9 Å². The molecule has 0 aliphatic rings. The Balaban J connectivity index is 3.28. The average molecular weight is 374 g/mol. The maximum atomic E-state index is 11.2. The Kier molecular flexibility index (Phi) is 3.94. The Hall–Kier alpha value is 0.128. The van der Waals surface area contributed by atoms with E-state index in [1.807, 2.05) is 22.6 Å². The monoisotopic (exact) mass is 374 g/mol. The Morgan fingerprint density at radius 2 is 2.23 bits per heavy atom. The van der Waals surface area contributed by atoms with Crippen LogP contribution in [0.3, 0.4) is 0 Å². The number of ether oxygens (including phenoxy) is 1. The molecule has 1 atom stereocenters. The van der Waals surface area contributed by atoms with Gasteiger partial charge in [-0.2, -0.15) is 0 Å². The summed E-state index contributed by atoms with van der Waals surface area (Å²) in [7, 11) is 1.30. The van der Waals surface area contributed by atoms with E-state index in [4.69, 9.17) is 11.6 Å². The molecule has 0 spiro atoms. The van der Waals surface area contributed by atoms with Crippen molar-refractivity contribution in [3.8, 4) is 0 Å². The molecule has 0 bridgehead atoms. The van der Waals surface area contributed by atoms with Gasteiger partial charge < -0.3 is 0 Å². The molecule has 0 aromatic carbocycles. The van der Waals surface area contributed by atoms with E-state index in [1.54, 1.807) is 0 Å². The first kappa shape index (κ1) is 11.2. The summed E-state index contributed by atoms with van der Waals surface area (Å²) in [5.41, 5.74) is 0.225. The van der Waals surface area contributed by atoms with Crippen LogP contribution in [0.25, 0.3) is 0 Å². The summed E-state index contributed by atoms with van der Waals surface area (Å²) in [6.45, 7) is 0. The van der Waals surface area contributed by atoms with Gasteiger partial charge >= 0.3 is 103 Å². The van der Waals surface area contributed by atoms with Crippen LogP contribution >= 0.6 is 34.2 Å². The van der Waals surface area contributed by atoms with E-state index < -0.39 is 5.97 Å². The third-order valence-corrected chi connectivity index (χ3v) is 4.57. The molecule has 1 rings (SSSR count). The molecule has 0 radical (unpaired) electrons. The van der Waals surface area contributed by atoms with Crippen molar-refractivity contribution >= 4 is 61.5 Å². The Morgan fingerprint density at radius 1 is 1.62 bits per heavy atom. The summed E-state index contributed by atoms with van der Waals surface area (Å²) in [5, 5.41) is 0.0696. The number of aromatic nitrogens is 2. The summed E-state index contributed by atoms with van der Waals surface area (Å²) in [4.78, 5) is 18.9. The fourth-order valence-corrected chi connectivity index (χ4v) is 2.02. The first-order valence-electron chi connectivity index (χ1n) is 3.13. The molecule has 0 aliphatic carbocycles. The van der Waals surface area contributed by atoms with Crippen molar-refractivity contribution in [3.05, 3.63) is 14.5 Å². The molecule has 7 heteroatoms. The van der Waals surface area contributed by atoms with E-state index in [1.165, 1.54) is 24.0 Å². The van der Waals surface area contributed by atoms with Gasteiger partial charge in [0.15, 0.2) is 0 Å². The topological polar surface area (TPSA) is 52.1 Å². The van der Waals surface area contributed by atoms with Gasteiger partial charge in [-0.1, -0.05) is 0 Å².